The molecular formula is C31H26N2O2. The van der Waals surface area contributed by atoms with E-state index in [1.54, 1.807) is 36.4 Å². The average molecular weight is 459 g/mol. The maximum atomic E-state index is 10.1. The molecule has 0 heterocycles. The fourth-order valence-electron chi connectivity index (χ4n) is 3.74. The van der Waals surface area contributed by atoms with Gasteiger partial charge in [0, 0.05) is 16.5 Å². The number of anilines is 2. The number of nitrogens with two attached hydrogens (primary N) is 2. The second-order valence-corrected chi connectivity index (χ2v) is 8.77. The van der Waals surface area contributed by atoms with Crippen LogP contribution in [0.1, 0.15) is 47.2 Å². The number of aromatic hydroxyl groups is 2. The van der Waals surface area contributed by atoms with Gasteiger partial charge in [0.2, 0.25) is 0 Å². The quantitative estimate of drug-likeness (QED) is 0.184. The Hall–Kier alpha value is -4.80. The predicted molar refractivity (Wildman–Crippen MR) is 142 cm³/mol. The van der Waals surface area contributed by atoms with E-state index in [2.05, 4.69) is 61.8 Å². The number of hydrogen-bond acceptors (Lipinski definition) is 4. The van der Waals surface area contributed by atoms with Crippen LogP contribution in [0.25, 0.3) is 0 Å². The minimum atomic E-state index is -0.312. The van der Waals surface area contributed by atoms with Gasteiger partial charge in [-0.3, -0.25) is 0 Å². The van der Waals surface area contributed by atoms with Crippen LogP contribution in [0, 0.1) is 23.7 Å². The SMILES string of the molecule is CC(C)(c1cccc(C#Cc2cccc(N)c2O)c1)c1cccc(C#Cc2cccc(N)c2O)c1. The number of nitrogen functional groups attached to an aromatic ring is 2. The molecule has 0 amide bonds. The first-order chi connectivity index (χ1) is 16.8. The molecule has 4 heteroatoms. The topological polar surface area (TPSA) is 92.5 Å². The minimum absolute atomic E-state index is 0.000849. The highest BCUT2D eigenvalue weighted by Gasteiger charge is 2.23. The van der Waals surface area contributed by atoms with E-state index in [1.807, 2.05) is 24.3 Å². The molecule has 4 rings (SSSR count). The van der Waals surface area contributed by atoms with E-state index in [0.717, 1.165) is 22.3 Å². The van der Waals surface area contributed by atoms with Crippen LogP contribution in [0.5, 0.6) is 11.5 Å². The molecule has 0 aliphatic rings. The summed E-state index contributed by atoms with van der Waals surface area (Å²) in [4.78, 5) is 0. The molecule has 0 unspecified atom stereocenters. The van der Waals surface area contributed by atoms with Gasteiger partial charge in [-0.2, -0.15) is 0 Å². The summed E-state index contributed by atoms with van der Waals surface area (Å²) in [5.74, 6) is 12.3. The van der Waals surface area contributed by atoms with Crippen LogP contribution >= 0.6 is 0 Å². The number of hydrogen-bond donors (Lipinski definition) is 4. The zero-order valence-corrected chi connectivity index (χ0v) is 19.6. The third-order valence-corrected chi connectivity index (χ3v) is 5.99. The molecule has 0 saturated carbocycles. The largest absolute Gasteiger partial charge is 0.505 e. The number of phenolic OH excluding ortho intramolecular Hbond substituents is 2. The van der Waals surface area contributed by atoms with E-state index in [4.69, 9.17) is 11.5 Å². The molecule has 0 aromatic heterocycles. The number of para-hydroxylation sites is 2. The molecule has 0 aliphatic heterocycles. The van der Waals surface area contributed by atoms with Crippen molar-refractivity contribution >= 4 is 11.4 Å². The molecule has 35 heavy (non-hydrogen) atoms. The highest BCUT2D eigenvalue weighted by molar-refractivity contribution is 5.63. The van der Waals surface area contributed by atoms with Crippen LogP contribution in [-0.2, 0) is 5.41 Å². The van der Waals surface area contributed by atoms with Gasteiger partial charge in [0.15, 0.2) is 11.5 Å². The normalized spacial score (nSPS) is 10.6. The second-order valence-electron chi connectivity index (χ2n) is 8.77. The Morgan fingerprint density at radius 1 is 0.571 bits per heavy atom. The summed E-state index contributed by atoms with van der Waals surface area (Å²) in [7, 11) is 0. The highest BCUT2D eigenvalue weighted by Crippen LogP contribution is 2.32. The fourth-order valence-corrected chi connectivity index (χ4v) is 3.74. The molecular weight excluding hydrogens is 432 g/mol. The van der Waals surface area contributed by atoms with Gasteiger partial charge in [-0.1, -0.05) is 73.9 Å². The first kappa shape index (κ1) is 23.4. The van der Waals surface area contributed by atoms with Crippen molar-refractivity contribution < 1.29 is 10.2 Å². The van der Waals surface area contributed by atoms with Gasteiger partial charge in [-0.25, -0.2) is 0 Å². The van der Waals surface area contributed by atoms with Crippen LogP contribution in [0.15, 0.2) is 84.9 Å². The first-order valence-corrected chi connectivity index (χ1v) is 11.2. The van der Waals surface area contributed by atoms with Crippen molar-refractivity contribution in [3.05, 3.63) is 118 Å². The van der Waals surface area contributed by atoms with Gasteiger partial charge < -0.3 is 21.7 Å². The van der Waals surface area contributed by atoms with Crippen molar-refractivity contribution in [3.8, 4) is 35.2 Å². The standard InChI is InChI=1S/C31H26N2O2/c1-31(2,25-11-3-7-21(19-25)15-17-23-9-5-13-27(32)29(23)34)26-12-4-8-22(20-26)16-18-24-10-6-14-28(33)30(24)35/h3-14,19-20,34-35H,32-33H2,1-2H3. The zero-order valence-electron chi connectivity index (χ0n) is 19.6. The lowest BCUT2D eigenvalue weighted by atomic mass is 9.77. The summed E-state index contributed by atoms with van der Waals surface area (Å²) in [5.41, 5.74) is 16.7. The molecule has 4 aromatic carbocycles. The predicted octanol–water partition coefficient (Wildman–Crippen LogP) is 5.39. The Balaban J connectivity index is 1.64. The lowest BCUT2D eigenvalue weighted by Crippen LogP contribution is -2.19. The van der Waals surface area contributed by atoms with E-state index >= 15 is 0 Å². The Labute approximate surface area is 205 Å². The van der Waals surface area contributed by atoms with Crippen molar-refractivity contribution in [1.29, 1.82) is 0 Å². The van der Waals surface area contributed by atoms with Crippen LogP contribution < -0.4 is 11.5 Å². The molecule has 6 N–H and O–H groups in total. The van der Waals surface area contributed by atoms with Crippen molar-refractivity contribution in [2.75, 3.05) is 11.5 Å². The summed E-state index contributed by atoms with van der Waals surface area (Å²) in [5, 5.41) is 20.2. The van der Waals surface area contributed by atoms with Crippen LogP contribution in [0.2, 0.25) is 0 Å². The maximum Gasteiger partial charge on any atom is 0.154 e. The maximum absolute atomic E-state index is 10.1. The lowest BCUT2D eigenvalue weighted by molar-refractivity contribution is 0.476. The molecule has 0 saturated heterocycles. The van der Waals surface area contributed by atoms with E-state index in [0.29, 0.717) is 22.5 Å². The number of phenols is 2. The van der Waals surface area contributed by atoms with Crippen molar-refractivity contribution in [1.82, 2.24) is 0 Å². The summed E-state index contributed by atoms with van der Waals surface area (Å²) in [6.07, 6.45) is 0. The van der Waals surface area contributed by atoms with Gasteiger partial charge in [0.25, 0.3) is 0 Å². The summed E-state index contributed by atoms with van der Waals surface area (Å²) < 4.78 is 0. The highest BCUT2D eigenvalue weighted by atomic mass is 16.3. The smallest absolute Gasteiger partial charge is 0.154 e. The number of rotatable bonds is 2. The summed E-state index contributed by atoms with van der Waals surface area (Å²) in [6, 6.07) is 26.4. The third kappa shape index (κ3) is 5.08. The van der Waals surface area contributed by atoms with Gasteiger partial charge in [0.05, 0.1) is 22.5 Å². The van der Waals surface area contributed by atoms with Gasteiger partial charge >= 0.3 is 0 Å². The van der Waals surface area contributed by atoms with Crippen molar-refractivity contribution in [2.45, 2.75) is 19.3 Å². The van der Waals surface area contributed by atoms with Crippen LogP contribution in [-0.4, -0.2) is 10.2 Å². The minimum Gasteiger partial charge on any atom is -0.505 e. The van der Waals surface area contributed by atoms with E-state index in [-0.39, 0.29) is 16.9 Å². The lowest BCUT2D eigenvalue weighted by Gasteiger charge is -2.26. The second kappa shape index (κ2) is 9.59. The molecule has 4 nitrogen and oxygen atoms in total. The molecule has 0 radical (unpaired) electrons. The Kier molecular flexibility index (Phi) is 6.40. The van der Waals surface area contributed by atoms with E-state index in [1.165, 1.54) is 0 Å². The molecule has 4 aromatic rings. The molecule has 0 atom stereocenters. The Morgan fingerprint density at radius 2 is 0.971 bits per heavy atom. The zero-order chi connectivity index (χ0) is 25.0. The van der Waals surface area contributed by atoms with E-state index in [9.17, 15) is 10.2 Å². The summed E-state index contributed by atoms with van der Waals surface area (Å²) in [6.45, 7) is 4.30. The summed E-state index contributed by atoms with van der Waals surface area (Å²) >= 11 is 0. The van der Waals surface area contributed by atoms with Crippen LogP contribution in [0.3, 0.4) is 0 Å². The van der Waals surface area contributed by atoms with Crippen LogP contribution in [0.4, 0.5) is 11.4 Å². The Morgan fingerprint density at radius 3 is 1.40 bits per heavy atom. The van der Waals surface area contributed by atoms with E-state index < -0.39 is 0 Å². The van der Waals surface area contributed by atoms with Crippen molar-refractivity contribution in [3.63, 3.8) is 0 Å². The molecule has 0 aliphatic carbocycles. The fraction of sp³-hybridized carbons (Fsp3) is 0.0968. The molecule has 0 spiro atoms. The molecule has 0 fully saturated rings. The number of benzene rings is 4. The third-order valence-electron chi connectivity index (χ3n) is 5.99. The van der Waals surface area contributed by atoms with Gasteiger partial charge in [0.1, 0.15) is 0 Å². The molecule has 0 bridgehead atoms. The molecule has 172 valence electrons. The average Bonchev–Trinajstić information content (AvgIpc) is 2.86. The monoisotopic (exact) mass is 458 g/mol. The first-order valence-electron chi connectivity index (χ1n) is 11.2. The Bertz CT molecular complexity index is 1410. The van der Waals surface area contributed by atoms with Gasteiger partial charge in [-0.05, 0) is 59.7 Å². The van der Waals surface area contributed by atoms with Gasteiger partial charge in [-0.15, -0.1) is 0 Å². The van der Waals surface area contributed by atoms with Crippen molar-refractivity contribution in [2.24, 2.45) is 0 Å².